The van der Waals surface area contributed by atoms with Crippen LogP contribution < -0.4 is 0 Å². The van der Waals surface area contributed by atoms with E-state index in [1.165, 1.54) is 6.92 Å². The van der Waals surface area contributed by atoms with E-state index in [1.807, 2.05) is 13.0 Å². The second kappa shape index (κ2) is 4.30. The molecule has 0 aliphatic heterocycles. The number of hydrogen-bond acceptors (Lipinski definition) is 3. The molecule has 0 amide bonds. The summed E-state index contributed by atoms with van der Waals surface area (Å²) in [6.07, 6.45) is 1.04. The van der Waals surface area contributed by atoms with Crippen LogP contribution in [0.2, 0.25) is 0 Å². The van der Waals surface area contributed by atoms with Gasteiger partial charge in [-0.15, -0.1) is 0 Å². The largest absolute Gasteiger partial charge is 0.291 e. The highest BCUT2D eigenvalue weighted by Crippen LogP contribution is 2.28. The van der Waals surface area contributed by atoms with Gasteiger partial charge in [0.05, 0.1) is 0 Å². The van der Waals surface area contributed by atoms with Gasteiger partial charge < -0.3 is 0 Å². The molecule has 1 aromatic rings. The Morgan fingerprint density at radius 2 is 1.94 bits per heavy atom. The fourth-order valence-corrected chi connectivity index (χ4v) is 1.90. The summed E-state index contributed by atoms with van der Waals surface area (Å²) in [7, 11) is -3.50. The summed E-state index contributed by atoms with van der Waals surface area (Å²) < 4.78 is 21.4. The molecule has 0 bridgehead atoms. The Balaban J connectivity index is 3.23. The van der Waals surface area contributed by atoms with Gasteiger partial charge in [-0.3, -0.25) is 4.79 Å². The van der Waals surface area contributed by atoms with E-state index < -0.39 is 19.3 Å². The average Bonchev–Trinajstić information content (AvgIpc) is 2.14. The maximum absolute atomic E-state index is 12.0. The molecule has 0 saturated carbocycles. The van der Waals surface area contributed by atoms with Gasteiger partial charge in [-0.05, 0) is 19.9 Å². The summed E-state index contributed by atoms with van der Waals surface area (Å²) >= 11 is 2.99. The molecule has 0 fully saturated rings. The van der Waals surface area contributed by atoms with Gasteiger partial charge in [-0.2, -0.15) is 0 Å². The highest BCUT2D eigenvalue weighted by atomic mass is 79.9. The Bertz CT molecular complexity index is 518. The average molecular weight is 305 g/mol. The first-order chi connectivity index (χ1) is 7.16. The first kappa shape index (κ1) is 13.4. The lowest BCUT2D eigenvalue weighted by Gasteiger charge is -2.18. The van der Waals surface area contributed by atoms with Crippen molar-refractivity contribution < 1.29 is 13.2 Å². The van der Waals surface area contributed by atoms with Gasteiger partial charge in [0.25, 0.3) is 0 Å². The molecule has 0 unspecified atom stereocenters. The minimum Gasteiger partial charge on any atom is -0.291 e. The number of rotatable bonds is 3. The van der Waals surface area contributed by atoms with E-state index in [2.05, 4.69) is 15.9 Å². The van der Waals surface area contributed by atoms with Crippen molar-refractivity contribution in [2.24, 2.45) is 0 Å². The van der Waals surface area contributed by atoms with Crippen molar-refractivity contribution in [1.29, 1.82) is 0 Å². The number of sulfone groups is 1. The summed E-state index contributed by atoms with van der Waals surface area (Å²) in [6.45, 7) is 3.20. The molecule has 0 N–H and O–H groups in total. The van der Waals surface area contributed by atoms with Crippen LogP contribution in [-0.4, -0.2) is 24.1 Å². The molecule has 1 rings (SSSR count). The Morgan fingerprint density at radius 1 is 1.38 bits per heavy atom. The number of carbonyl (C=O) groups is 1. The number of Topliss-reactive ketones (excluding diaryl/α,β-unsaturated/α-hetero) is 1. The maximum Gasteiger partial charge on any atom is 0.194 e. The molecule has 88 valence electrons. The van der Waals surface area contributed by atoms with Crippen molar-refractivity contribution in [3.63, 3.8) is 0 Å². The van der Waals surface area contributed by atoms with Gasteiger partial charge in [-0.1, -0.05) is 39.7 Å². The Hall–Kier alpha value is -0.680. The van der Waals surface area contributed by atoms with E-state index in [0.29, 0.717) is 5.56 Å². The summed E-state index contributed by atoms with van der Waals surface area (Å²) in [5.74, 6) is -0.446. The number of benzene rings is 1. The van der Waals surface area contributed by atoms with Crippen LogP contribution in [0.5, 0.6) is 0 Å². The number of ketones is 1. The molecule has 3 nitrogen and oxygen atoms in total. The summed E-state index contributed by atoms with van der Waals surface area (Å²) in [4.78, 5) is 12.0. The van der Waals surface area contributed by atoms with Crippen LogP contribution in [0.15, 0.2) is 24.3 Å². The van der Waals surface area contributed by atoms with E-state index >= 15 is 0 Å². The van der Waals surface area contributed by atoms with Crippen LogP contribution in [0.3, 0.4) is 0 Å². The molecule has 0 aromatic heterocycles. The standard InChI is InChI=1S/C11H13BrO3S/c1-8-5-4-6-9(7-8)10(13)11(2,12)16(3,14)15/h4-7H,1-3H3/t11-/m1/s1. The van der Waals surface area contributed by atoms with E-state index in [-0.39, 0.29) is 0 Å². The van der Waals surface area contributed by atoms with Crippen molar-refractivity contribution in [2.45, 2.75) is 17.5 Å². The molecule has 5 heteroatoms. The van der Waals surface area contributed by atoms with Crippen LogP contribution >= 0.6 is 15.9 Å². The lowest BCUT2D eigenvalue weighted by molar-refractivity contribution is 0.0983. The SMILES string of the molecule is Cc1cccc(C(=O)[C@](C)(Br)S(C)(=O)=O)c1. The van der Waals surface area contributed by atoms with E-state index in [1.54, 1.807) is 18.2 Å². The summed E-state index contributed by atoms with van der Waals surface area (Å²) in [5.41, 5.74) is 1.31. The van der Waals surface area contributed by atoms with Crippen molar-refractivity contribution in [3.8, 4) is 0 Å². The highest BCUT2D eigenvalue weighted by Gasteiger charge is 2.41. The smallest absolute Gasteiger partial charge is 0.194 e. The molecular weight excluding hydrogens is 292 g/mol. The maximum atomic E-state index is 12.0. The molecular formula is C11H13BrO3S. The molecule has 0 aliphatic rings. The van der Waals surface area contributed by atoms with Gasteiger partial charge in [0.1, 0.15) is 0 Å². The molecule has 0 heterocycles. The molecule has 0 aliphatic carbocycles. The fourth-order valence-electron chi connectivity index (χ4n) is 1.21. The quantitative estimate of drug-likeness (QED) is 0.636. The van der Waals surface area contributed by atoms with Crippen LogP contribution in [0, 0.1) is 6.92 Å². The second-order valence-corrected chi connectivity index (χ2v) is 8.36. The highest BCUT2D eigenvalue weighted by molar-refractivity contribution is 9.12. The number of halogens is 1. The van der Waals surface area contributed by atoms with Gasteiger partial charge in [0.15, 0.2) is 19.3 Å². The van der Waals surface area contributed by atoms with Crippen molar-refractivity contribution in [1.82, 2.24) is 0 Å². The second-order valence-electron chi connectivity index (χ2n) is 3.89. The van der Waals surface area contributed by atoms with Crippen molar-refractivity contribution >= 4 is 31.6 Å². The zero-order valence-corrected chi connectivity index (χ0v) is 11.7. The predicted octanol–water partition coefficient (Wildman–Crippen LogP) is 2.33. The third kappa shape index (κ3) is 2.52. The first-order valence-corrected chi connectivity index (χ1v) is 7.34. The van der Waals surface area contributed by atoms with E-state index in [0.717, 1.165) is 11.8 Å². The number of carbonyl (C=O) groups excluding carboxylic acids is 1. The van der Waals surface area contributed by atoms with Crippen molar-refractivity contribution in [2.75, 3.05) is 6.26 Å². The third-order valence-corrected chi connectivity index (χ3v) is 6.08. The van der Waals surface area contributed by atoms with Crippen LogP contribution in [0.4, 0.5) is 0 Å². The summed E-state index contributed by atoms with van der Waals surface area (Å²) in [5, 5.41) is 0. The number of hydrogen-bond donors (Lipinski definition) is 0. The van der Waals surface area contributed by atoms with Gasteiger partial charge >= 0.3 is 0 Å². The Morgan fingerprint density at radius 3 is 2.38 bits per heavy atom. The lowest BCUT2D eigenvalue weighted by atomic mass is 10.1. The minimum absolute atomic E-state index is 0.393. The molecule has 1 atom stereocenters. The predicted molar refractivity (Wildman–Crippen MR) is 67.7 cm³/mol. The van der Waals surface area contributed by atoms with Gasteiger partial charge in [-0.25, -0.2) is 8.42 Å². The van der Waals surface area contributed by atoms with Crippen LogP contribution in [-0.2, 0) is 9.84 Å². The molecule has 1 aromatic carbocycles. The Kier molecular flexibility index (Phi) is 3.59. The van der Waals surface area contributed by atoms with Crippen LogP contribution in [0.1, 0.15) is 22.8 Å². The lowest BCUT2D eigenvalue weighted by Crippen LogP contribution is -2.36. The monoisotopic (exact) mass is 304 g/mol. The molecule has 0 saturated heterocycles. The molecule has 0 spiro atoms. The zero-order chi connectivity index (χ0) is 12.6. The van der Waals surface area contributed by atoms with Gasteiger partial charge in [0, 0.05) is 11.8 Å². The zero-order valence-electron chi connectivity index (χ0n) is 9.32. The minimum atomic E-state index is -3.50. The molecule has 0 radical (unpaired) electrons. The van der Waals surface area contributed by atoms with Gasteiger partial charge in [0.2, 0.25) is 0 Å². The van der Waals surface area contributed by atoms with Crippen LogP contribution in [0.25, 0.3) is 0 Å². The topological polar surface area (TPSA) is 51.2 Å². The van der Waals surface area contributed by atoms with E-state index in [4.69, 9.17) is 0 Å². The number of aryl methyl sites for hydroxylation is 1. The van der Waals surface area contributed by atoms with E-state index in [9.17, 15) is 13.2 Å². The molecule has 16 heavy (non-hydrogen) atoms. The number of alkyl halides is 1. The fraction of sp³-hybridized carbons (Fsp3) is 0.364. The first-order valence-electron chi connectivity index (χ1n) is 4.66. The summed E-state index contributed by atoms with van der Waals surface area (Å²) in [6, 6.07) is 6.86. The van der Waals surface area contributed by atoms with Crippen molar-refractivity contribution in [3.05, 3.63) is 35.4 Å². The normalized spacial score (nSPS) is 15.5. The Labute approximate surface area is 104 Å². The third-order valence-electron chi connectivity index (χ3n) is 2.38.